The molecule has 0 N–H and O–H groups in total. The molecule has 0 saturated carbocycles. The fourth-order valence-corrected chi connectivity index (χ4v) is 4.85. The maximum absolute atomic E-state index is 12.3. The number of likely N-dealkylation sites (tertiary alicyclic amines) is 2. The van der Waals surface area contributed by atoms with Crippen molar-refractivity contribution in [3.05, 3.63) is 30.1 Å². The zero-order valence-corrected chi connectivity index (χ0v) is 15.8. The standard InChI is InChI=1S/C18H28N4OS/c1-20(2)12-18-13-21(8-15-4-6-19-7-5-15)9-16(18)10-22(14-18)17(23)11-24-3/h4-7,16H,8-14H2,1-3H3. The Morgan fingerprint density at radius 3 is 2.75 bits per heavy atom. The average Bonchev–Trinajstić information content (AvgIpc) is 3.00. The number of carbonyl (C=O) groups is 1. The molecule has 3 rings (SSSR count). The molecule has 2 aliphatic rings. The fourth-order valence-electron chi connectivity index (χ4n) is 4.42. The lowest BCUT2D eigenvalue weighted by atomic mass is 9.80. The lowest BCUT2D eigenvalue weighted by Crippen LogP contribution is -2.43. The molecule has 0 radical (unpaired) electrons. The molecule has 1 aromatic rings. The highest BCUT2D eigenvalue weighted by Crippen LogP contribution is 2.43. The second-order valence-electron chi connectivity index (χ2n) is 7.53. The molecule has 2 fully saturated rings. The van der Waals surface area contributed by atoms with Crippen LogP contribution in [0.1, 0.15) is 5.56 Å². The highest BCUT2D eigenvalue weighted by Gasteiger charge is 2.53. The first-order valence-electron chi connectivity index (χ1n) is 8.55. The molecule has 2 unspecified atom stereocenters. The predicted octanol–water partition coefficient (Wildman–Crippen LogP) is 1.27. The molecule has 3 heterocycles. The van der Waals surface area contributed by atoms with Crippen molar-refractivity contribution < 1.29 is 4.79 Å². The van der Waals surface area contributed by atoms with Crippen molar-refractivity contribution in [3.8, 4) is 0 Å². The van der Waals surface area contributed by atoms with E-state index in [-0.39, 0.29) is 5.41 Å². The van der Waals surface area contributed by atoms with E-state index < -0.39 is 0 Å². The van der Waals surface area contributed by atoms with Gasteiger partial charge in [-0.05, 0) is 44.0 Å². The van der Waals surface area contributed by atoms with Gasteiger partial charge >= 0.3 is 0 Å². The third-order valence-corrected chi connectivity index (χ3v) is 5.77. The summed E-state index contributed by atoms with van der Waals surface area (Å²) in [6.07, 6.45) is 5.73. The molecular weight excluding hydrogens is 320 g/mol. The van der Waals surface area contributed by atoms with Crippen LogP contribution in [0.5, 0.6) is 0 Å². The molecule has 1 aromatic heterocycles. The van der Waals surface area contributed by atoms with Gasteiger partial charge in [0.15, 0.2) is 0 Å². The van der Waals surface area contributed by atoms with Gasteiger partial charge in [-0.15, -0.1) is 0 Å². The van der Waals surface area contributed by atoms with Gasteiger partial charge in [0.1, 0.15) is 0 Å². The normalized spacial score (nSPS) is 27.0. The lowest BCUT2D eigenvalue weighted by Gasteiger charge is -2.32. The Hall–Kier alpha value is -1.11. The molecule has 1 amide bonds. The van der Waals surface area contributed by atoms with Crippen LogP contribution in [-0.4, -0.2) is 84.4 Å². The van der Waals surface area contributed by atoms with E-state index in [1.165, 1.54) is 5.56 Å². The maximum atomic E-state index is 12.3. The number of rotatable bonds is 6. The summed E-state index contributed by atoms with van der Waals surface area (Å²) in [5, 5.41) is 0. The Balaban J connectivity index is 1.70. The third kappa shape index (κ3) is 3.76. The molecule has 0 spiro atoms. The Bertz CT molecular complexity index is 567. The monoisotopic (exact) mass is 348 g/mol. The molecule has 2 atom stereocenters. The molecule has 0 aliphatic carbocycles. The van der Waals surface area contributed by atoms with Crippen molar-refractivity contribution >= 4 is 17.7 Å². The van der Waals surface area contributed by atoms with Crippen molar-refractivity contribution in [3.63, 3.8) is 0 Å². The van der Waals surface area contributed by atoms with Gasteiger partial charge < -0.3 is 9.80 Å². The van der Waals surface area contributed by atoms with Crippen LogP contribution in [0, 0.1) is 11.3 Å². The summed E-state index contributed by atoms with van der Waals surface area (Å²) >= 11 is 1.62. The summed E-state index contributed by atoms with van der Waals surface area (Å²) < 4.78 is 0. The van der Waals surface area contributed by atoms with E-state index >= 15 is 0 Å². The highest BCUT2D eigenvalue weighted by atomic mass is 32.2. The zero-order chi connectivity index (χ0) is 17.2. The number of thioether (sulfide) groups is 1. The van der Waals surface area contributed by atoms with Gasteiger partial charge in [-0.3, -0.25) is 14.7 Å². The minimum Gasteiger partial charge on any atom is -0.341 e. The van der Waals surface area contributed by atoms with Crippen LogP contribution in [0.4, 0.5) is 0 Å². The van der Waals surface area contributed by atoms with Crippen molar-refractivity contribution in [1.29, 1.82) is 0 Å². The second-order valence-corrected chi connectivity index (χ2v) is 8.40. The quantitative estimate of drug-likeness (QED) is 0.774. The fraction of sp³-hybridized carbons (Fsp3) is 0.667. The number of fused-ring (bicyclic) bond motifs is 1. The molecule has 2 aliphatic heterocycles. The largest absolute Gasteiger partial charge is 0.341 e. The topological polar surface area (TPSA) is 39.7 Å². The highest BCUT2D eigenvalue weighted by molar-refractivity contribution is 7.99. The minimum absolute atomic E-state index is 0.213. The third-order valence-electron chi connectivity index (χ3n) is 5.24. The molecule has 132 valence electrons. The van der Waals surface area contributed by atoms with Crippen LogP contribution >= 0.6 is 11.8 Å². The number of pyridine rings is 1. The van der Waals surface area contributed by atoms with Gasteiger partial charge in [-0.25, -0.2) is 0 Å². The van der Waals surface area contributed by atoms with Crippen LogP contribution in [0.2, 0.25) is 0 Å². The maximum Gasteiger partial charge on any atom is 0.232 e. The van der Waals surface area contributed by atoms with Crippen LogP contribution in [0.3, 0.4) is 0 Å². The summed E-state index contributed by atoms with van der Waals surface area (Å²) in [7, 11) is 4.29. The Morgan fingerprint density at radius 1 is 1.33 bits per heavy atom. The van der Waals surface area contributed by atoms with Crippen LogP contribution < -0.4 is 0 Å². The summed E-state index contributed by atoms with van der Waals surface area (Å²) in [5.74, 6) is 1.48. The van der Waals surface area contributed by atoms with Crippen LogP contribution in [0.25, 0.3) is 0 Å². The van der Waals surface area contributed by atoms with Crippen molar-refractivity contribution in [2.75, 3.05) is 58.8 Å². The number of carbonyl (C=O) groups excluding carboxylic acids is 1. The van der Waals surface area contributed by atoms with Gasteiger partial charge in [0, 0.05) is 57.1 Å². The zero-order valence-electron chi connectivity index (χ0n) is 14.9. The Kier molecular flexibility index (Phi) is 5.47. The van der Waals surface area contributed by atoms with E-state index in [1.54, 1.807) is 11.8 Å². The van der Waals surface area contributed by atoms with E-state index in [9.17, 15) is 4.79 Å². The minimum atomic E-state index is 0.213. The van der Waals surface area contributed by atoms with Gasteiger partial charge in [0.25, 0.3) is 0 Å². The summed E-state index contributed by atoms with van der Waals surface area (Å²) in [6.45, 7) is 6.00. The van der Waals surface area contributed by atoms with E-state index in [1.807, 2.05) is 18.6 Å². The molecule has 0 aromatic carbocycles. The number of amides is 1. The SMILES string of the molecule is CSCC(=O)N1CC2CN(Cc3ccncc3)CC2(CN(C)C)C1. The van der Waals surface area contributed by atoms with E-state index in [2.05, 4.69) is 45.9 Å². The molecule has 2 saturated heterocycles. The first-order valence-corrected chi connectivity index (χ1v) is 9.94. The molecule has 6 heteroatoms. The Morgan fingerprint density at radius 2 is 2.08 bits per heavy atom. The number of aromatic nitrogens is 1. The first-order chi connectivity index (χ1) is 11.5. The van der Waals surface area contributed by atoms with Crippen LogP contribution in [-0.2, 0) is 11.3 Å². The van der Waals surface area contributed by atoms with E-state index in [0.717, 1.165) is 39.3 Å². The number of hydrogen-bond donors (Lipinski definition) is 0. The van der Waals surface area contributed by atoms with E-state index in [4.69, 9.17) is 0 Å². The second kappa shape index (κ2) is 7.42. The van der Waals surface area contributed by atoms with Gasteiger partial charge in [0.05, 0.1) is 5.75 Å². The van der Waals surface area contributed by atoms with Crippen molar-refractivity contribution in [1.82, 2.24) is 19.7 Å². The van der Waals surface area contributed by atoms with Crippen LogP contribution in [0.15, 0.2) is 24.5 Å². The lowest BCUT2D eigenvalue weighted by molar-refractivity contribution is -0.128. The predicted molar refractivity (Wildman–Crippen MR) is 99.0 cm³/mol. The molecular formula is C18H28N4OS. The van der Waals surface area contributed by atoms with Gasteiger partial charge in [-0.1, -0.05) is 0 Å². The number of hydrogen-bond acceptors (Lipinski definition) is 5. The van der Waals surface area contributed by atoms with Crippen molar-refractivity contribution in [2.45, 2.75) is 6.54 Å². The smallest absolute Gasteiger partial charge is 0.232 e. The van der Waals surface area contributed by atoms with Gasteiger partial charge in [0.2, 0.25) is 5.91 Å². The molecule has 24 heavy (non-hydrogen) atoms. The average molecular weight is 349 g/mol. The summed E-state index contributed by atoms with van der Waals surface area (Å²) in [6, 6.07) is 4.20. The summed E-state index contributed by atoms with van der Waals surface area (Å²) in [5.41, 5.74) is 1.53. The van der Waals surface area contributed by atoms with E-state index in [0.29, 0.717) is 17.6 Å². The van der Waals surface area contributed by atoms with Gasteiger partial charge in [-0.2, -0.15) is 11.8 Å². The summed E-state index contributed by atoms with van der Waals surface area (Å²) in [4.78, 5) is 23.4. The number of nitrogens with zero attached hydrogens (tertiary/aromatic N) is 4. The van der Waals surface area contributed by atoms with Crippen molar-refractivity contribution in [2.24, 2.45) is 11.3 Å². The molecule has 0 bridgehead atoms. The Labute approximate surface area is 149 Å². The molecule has 5 nitrogen and oxygen atoms in total. The first kappa shape index (κ1) is 17.7.